The van der Waals surface area contributed by atoms with Crippen LogP contribution in [0.1, 0.15) is 61.2 Å². The standard InChI is InChI=1S/C20H18O9/c1-2-5-16(28-19(26)14-7-4-3-6-12(14)17(22)23)29-20(27)15-10-11(21)8-9-13(15)18(24)25/h3-4,6-10,16,21H,2,5H2,1H3,(H,22,23)(H,24,25). The third kappa shape index (κ3) is 5.32. The van der Waals surface area contributed by atoms with Crippen LogP contribution in [0.3, 0.4) is 0 Å². The summed E-state index contributed by atoms with van der Waals surface area (Å²) in [6.45, 7) is 1.73. The number of ether oxygens (including phenoxy) is 2. The molecule has 0 saturated carbocycles. The number of phenols is 1. The Balaban J connectivity index is 2.24. The first-order valence-corrected chi connectivity index (χ1v) is 8.55. The molecule has 0 bridgehead atoms. The summed E-state index contributed by atoms with van der Waals surface area (Å²) < 4.78 is 10.2. The Hall–Kier alpha value is -3.88. The number of phenolic OH excluding ortho intramolecular Hbond substituents is 1. The largest absolute Gasteiger partial charge is 0.508 e. The van der Waals surface area contributed by atoms with Gasteiger partial charge < -0.3 is 24.8 Å². The van der Waals surface area contributed by atoms with Gasteiger partial charge in [0, 0.05) is 6.42 Å². The number of carboxylic acids is 2. The lowest BCUT2D eigenvalue weighted by Crippen LogP contribution is -2.26. The average molecular weight is 402 g/mol. The van der Waals surface area contributed by atoms with Crippen LogP contribution < -0.4 is 0 Å². The van der Waals surface area contributed by atoms with Crippen LogP contribution in [0, 0.1) is 0 Å². The predicted octanol–water partition coefficient (Wildman–Crippen LogP) is 2.93. The zero-order valence-corrected chi connectivity index (χ0v) is 15.3. The highest BCUT2D eigenvalue weighted by Crippen LogP contribution is 2.20. The zero-order valence-electron chi connectivity index (χ0n) is 15.3. The zero-order chi connectivity index (χ0) is 21.6. The second-order valence-electron chi connectivity index (χ2n) is 5.91. The molecule has 0 fully saturated rings. The van der Waals surface area contributed by atoms with Gasteiger partial charge in [-0.15, -0.1) is 0 Å². The Bertz CT molecular complexity index is 949. The van der Waals surface area contributed by atoms with Crippen molar-refractivity contribution in [3.63, 3.8) is 0 Å². The number of benzene rings is 2. The van der Waals surface area contributed by atoms with E-state index in [-0.39, 0.29) is 23.3 Å². The lowest BCUT2D eigenvalue weighted by Gasteiger charge is -2.19. The van der Waals surface area contributed by atoms with Crippen LogP contribution in [-0.2, 0) is 9.47 Å². The van der Waals surface area contributed by atoms with E-state index in [0.717, 1.165) is 18.2 Å². The maximum absolute atomic E-state index is 12.4. The first-order valence-electron chi connectivity index (χ1n) is 8.55. The molecule has 9 heteroatoms. The molecule has 0 amide bonds. The molecule has 0 aromatic heterocycles. The van der Waals surface area contributed by atoms with Gasteiger partial charge in [-0.3, -0.25) is 0 Å². The van der Waals surface area contributed by atoms with Crippen molar-refractivity contribution < 1.29 is 44.0 Å². The van der Waals surface area contributed by atoms with Crippen molar-refractivity contribution in [2.45, 2.75) is 26.1 Å². The summed E-state index contributed by atoms with van der Waals surface area (Å²) in [5.74, 6) is -5.20. The third-order valence-corrected chi connectivity index (χ3v) is 3.83. The molecule has 0 aliphatic carbocycles. The smallest absolute Gasteiger partial charge is 0.342 e. The SMILES string of the molecule is CCCC(OC(=O)c1ccccc1C(=O)O)OC(=O)c1cc(O)ccc1C(=O)O. The monoisotopic (exact) mass is 402 g/mol. The lowest BCUT2D eigenvalue weighted by atomic mass is 10.1. The number of esters is 2. The van der Waals surface area contributed by atoms with E-state index in [1.54, 1.807) is 6.92 Å². The van der Waals surface area contributed by atoms with E-state index in [1.807, 2.05) is 0 Å². The van der Waals surface area contributed by atoms with Crippen molar-refractivity contribution in [1.29, 1.82) is 0 Å². The van der Waals surface area contributed by atoms with Crippen molar-refractivity contribution in [2.75, 3.05) is 0 Å². The second kappa shape index (κ2) is 9.36. The Labute approximate surface area is 165 Å². The Morgan fingerprint density at radius 3 is 1.90 bits per heavy atom. The van der Waals surface area contributed by atoms with E-state index in [1.165, 1.54) is 24.3 Å². The average Bonchev–Trinajstić information content (AvgIpc) is 2.67. The van der Waals surface area contributed by atoms with Gasteiger partial charge in [0.2, 0.25) is 6.29 Å². The first kappa shape index (κ1) is 21.4. The molecule has 0 heterocycles. The molecule has 9 nitrogen and oxygen atoms in total. The van der Waals surface area contributed by atoms with Gasteiger partial charge in [0.25, 0.3) is 0 Å². The van der Waals surface area contributed by atoms with Crippen molar-refractivity contribution in [3.05, 3.63) is 64.7 Å². The van der Waals surface area contributed by atoms with Gasteiger partial charge in [0.15, 0.2) is 0 Å². The van der Waals surface area contributed by atoms with Crippen molar-refractivity contribution in [1.82, 2.24) is 0 Å². The molecule has 0 spiro atoms. The molecule has 0 saturated heterocycles. The van der Waals surface area contributed by atoms with Crippen LogP contribution in [0.5, 0.6) is 5.75 Å². The van der Waals surface area contributed by atoms with Crippen LogP contribution in [0.25, 0.3) is 0 Å². The van der Waals surface area contributed by atoms with E-state index in [9.17, 15) is 34.5 Å². The normalized spacial score (nSPS) is 11.3. The minimum absolute atomic E-state index is 0.0912. The Morgan fingerprint density at radius 1 is 0.828 bits per heavy atom. The summed E-state index contributed by atoms with van der Waals surface area (Å²) in [4.78, 5) is 47.4. The molecule has 1 unspecified atom stereocenters. The Kier molecular flexibility index (Phi) is 6.91. The van der Waals surface area contributed by atoms with Crippen molar-refractivity contribution in [2.24, 2.45) is 0 Å². The molecule has 2 rings (SSSR count). The highest BCUT2D eigenvalue weighted by molar-refractivity contribution is 6.03. The van der Waals surface area contributed by atoms with Crippen LogP contribution in [0.15, 0.2) is 42.5 Å². The lowest BCUT2D eigenvalue weighted by molar-refractivity contribution is -0.0832. The minimum Gasteiger partial charge on any atom is -0.508 e. The maximum atomic E-state index is 12.4. The summed E-state index contributed by atoms with van der Waals surface area (Å²) >= 11 is 0. The van der Waals surface area contributed by atoms with E-state index in [2.05, 4.69) is 0 Å². The molecule has 0 aliphatic rings. The molecule has 29 heavy (non-hydrogen) atoms. The van der Waals surface area contributed by atoms with E-state index in [4.69, 9.17) is 9.47 Å². The van der Waals surface area contributed by atoms with Gasteiger partial charge >= 0.3 is 23.9 Å². The van der Waals surface area contributed by atoms with Crippen molar-refractivity contribution in [3.8, 4) is 5.75 Å². The van der Waals surface area contributed by atoms with Crippen LogP contribution in [-0.4, -0.2) is 45.5 Å². The predicted molar refractivity (Wildman–Crippen MR) is 98.0 cm³/mol. The molecule has 1 atom stereocenters. The summed E-state index contributed by atoms with van der Waals surface area (Å²) in [5, 5.41) is 27.9. The number of carboxylic acid groups (broad SMARTS) is 2. The molecule has 3 N–H and O–H groups in total. The minimum atomic E-state index is -1.41. The summed E-state index contributed by atoms with van der Waals surface area (Å²) in [6.07, 6.45) is -0.850. The fraction of sp³-hybridized carbons (Fsp3) is 0.200. The quantitative estimate of drug-likeness (QED) is 0.448. The summed E-state index contributed by atoms with van der Waals surface area (Å²) in [7, 11) is 0. The van der Waals surface area contributed by atoms with Gasteiger partial charge in [-0.2, -0.15) is 0 Å². The summed E-state index contributed by atoms with van der Waals surface area (Å²) in [5.41, 5.74) is -1.31. The number of aromatic carboxylic acids is 2. The summed E-state index contributed by atoms with van der Waals surface area (Å²) in [6, 6.07) is 8.45. The van der Waals surface area contributed by atoms with Crippen LogP contribution >= 0.6 is 0 Å². The highest BCUT2D eigenvalue weighted by Gasteiger charge is 2.26. The fourth-order valence-corrected chi connectivity index (χ4v) is 2.48. The number of carbonyl (C=O) groups excluding carboxylic acids is 2. The van der Waals surface area contributed by atoms with E-state index >= 15 is 0 Å². The van der Waals surface area contributed by atoms with Crippen molar-refractivity contribution >= 4 is 23.9 Å². The molecule has 152 valence electrons. The third-order valence-electron chi connectivity index (χ3n) is 3.83. The molecule has 2 aromatic carbocycles. The molecule has 0 radical (unpaired) electrons. The first-order chi connectivity index (χ1) is 13.7. The van der Waals surface area contributed by atoms with E-state index < -0.39 is 41.3 Å². The molecular formula is C20H18O9. The Morgan fingerprint density at radius 2 is 1.34 bits per heavy atom. The van der Waals surface area contributed by atoms with Gasteiger partial charge in [-0.05, 0) is 36.8 Å². The molecular weight excluding hydrogens is 384 g/mol. The highest BCUT2D eigenvalue weighted by atomic mass is 16.7. The van der Waals surface area contributed by atoms with Gasteiger partial charge in [-0.25, -0.2) is 19.2 Å². The second-order valence-corrected chi connectivity index (χ2v) is 5.91. The van der Waals surface area contributed by atoms with Crippen LogP contribution in [0.4, 0.5) is 0 Å². The maximum Gasteiger partial charge on any atom is 0.342 e. The van der Waals surface area contributed by atoms with E-state index in [0.29, 0.717) is 6.42 Å². The van der Waals surface area contributed by atoms with Gasteiger partial charge in [0.1, 0.15) is 5.75 Å². The van der Waals surface area contributed by atoms with Gasteiger partial charge in [-0.1, -0.05) is 19.1 Å². The molecule has 2 aromatic rings. The number of rotatable bonds is 8. The number of hydrogen-bond acceptors (Lipinski definition) is 7. The van der Waals surface area contributed by atoms with Crippen LogP contribution in [0.2, 0.25) is 0 Å². The van der Waals surface area contributed by atoms with Gasteiger partial charge in [0.05, 0.1) is 22.3 Å². The topological polar surface area (TPSA) is 147 Å². The number of hydrogen-bond donors (Lipinski definition) is 3. The molecule has 0 aliphatic heterocycles. The fourth-order valence-electron chi connectivity index (χ4n) is 2.48. The number of carbonyl (C=O) groups is 4. The number of aromatic hydroxyl groups is 1.